The molecule has 0 saturated heterocycles. The van der Waals surface area contributed by atoms with Crippen molar-refractivity contribution in [1.29, 1.82) is 0 Å². The van der Waals surface area contributed by atoms with Gasteiger partial charge in [-0.25, -0.2) is 0 Å². The Morgan fingerprint density at radius 3 is 2.33 bits per heavy atom. The van der Waals surface area contributed by atoms with Gasteiger partial charge in [-0.15, -0.1) is 0 Å². The first-order chi connectivity index (χ1) is 14.2. The second kappa shape index (κ2) is 10.7. The van der Waals surface area contributed by atoms with Crippen LogP contribution < -0.4 is 5.32 Å². The summed E-state index contributed by atoms with van der Waals surface area (Å²) in [5, 5.41) is 14.7. The van der Waals surface area contributed by atoms with Gasteiger partial charge in [-0.2, -0.15) is 0 Å². The van der Waals surface area contributed by atoms with Crippen LogP contribution in [0.15, 0.2) is 48.5 Å². The summed E-state index contributed by atoms with van der Waals surface area (Å²) in [6.07, 6.45) is -0.174. The Morgan fingerprint density at radius 1 is 1.10 bits per heavy atom. The summed E-state index contributed by atoms with van der Waals surface area (Å²) in [7, 11) is 0. The molecule has 2 rings (SSSR count). The normalized spacial score (nSPS) is 11.8. The van der Waals surface area contributed by atoms with E-state index in [4.69, 9.17) is 11.6 Å². The highest BCUT2D eigenvalue weighted by molar-refractivity contribution is 6.30. The van der Waals surface area contributed by atoms with Crippen molar-refractivity contribution in [1.82, 2.24) is 10.2 Å². The molecule has 0 spiro atoms. The molecule has 160 valence electrons. The minimum atomic E-state index is -0.741. The van der Waals surface area contributed by atoms with Gasteiger partial charge in [0.2, 0.25) is 11.8 Å². The third-order valence-electron chi connectivity index (χ3n) is 4.65. The second-order valence-corrected chi connectivity index (χ2v) is 7.96. The van der Waals surface area contributed by atoms with E-state index in [-0.39, 0.29) is 36.4 Å². The van der Waals surface area contributed by atoms with Crippen LogP contribution >= 0.6 is 11.6 Å². The van der Waals surface area contributed by atoms with Gasteiger partial charge >= 0.3 is 0 Å². The lowest BCUT2D eigenvalue weighted by atomic mass is 10.1. The predicted molar refractivity (Wildman–Crippen MR) is 116 cm³/mol. The number of carbonyl (C=O) groups excluding carboxylic acids is 2. The fourth-order valence-corrected chi connectivity index (χ4v) is 3.05. The molecule has 0 heterocycles. The molecule has 0 radical (unpaired) electrons. The minimum Gasteiger partial charge on any atom is -0.354 e. The molecule has 2 amide bonds. The van der Waals surface area contributed by atoms with Crippen LogP contribution in [0.4, 0.5) is 5.69 Å². The maximum atomic E-state index is 13.1. The minimum absolute atomic E-state index is 0.116. The Morgan fingerprint density at radius 2 is 1.73 bits per heavy atom. The number of hydrogen-bond acceptors (Lipinski definition) is 4. The Balaban J connectivity index is 2.27. The molecule has 8 heteroatoms. The molecule has 0 saturated carbocycles. The third-order valence-corrected chi connectivity index (χ3v) is 4.90. The molecule has 0 aliphatic rings. The summed E-state index contributed by atoms with van der Waals surface area (Å²) < 4.78 is 0. The summed E-state index contributed by atoms with van der Waals surface area (Å²) in [5.74, 6) is -0.367. The number of rotatable bonds is 9. The van der Waals surface area contributed by atoms with Gasteiger partial charge in [-0.05, 0) is 30.5 Å². The van der Waals surface area contributed by atoms with Gasteiger partial charge < -0.3 is 10.2 Å². The Hall–Kier alpha value is -2.93. The first kappa shape index (κ1) is 23.3. The van der Waals surface area contributed by atoms with Crippen molar-refractivity contribution < 1.29 is 14.5 Å². The average Bonchev–Trinajstić information content (AvgIpc) is 2.71. The third kappa shape index (κ3) is 6.56. The molecule has 30 heavy (non-hydrogen) atoms. The summed E-state index contributed by atoms with van der Waals surface area (Å²) in [5.41, 5.74) is 0.997. The summed E-state index contributed by atoms with van der Waals surface area (Å²) in [6.45, 7) is 6.30. The smallest absolute Gasteiger partial charge is 0.273 e. The van der Waals surface area contributed by atoms with Crippen molar-refractivity contribution in [2.75, 3.05) is 6.54 Å². The van der Waals surface area contributed by atoms with E-state index >= 15 is 0 Å². The number of carbonyl (C=O) groups is 2. The zero-order valence-corrected chi connectivity index (χ0v) is 18.1. The predicted octanol–water partition coefficient (Wildman–Crippen LogP) is 3.98. The van der Waals surface area contributed by atoms with Crippen molar-refractivity contribution >= 4 is 29.1 Å². The van der Waals surface area contributed by atoms with E-state index in [1.165, 1.54) is 11.0 Å². The van der Waals surface area contributed by atoms with Crippen LogP contribution in [0.3, 0.4) is 0 Å². The van der Waals surface area contributed by atoms with Gasteiger partial charge in [0, 0.05) is 29.7 Å². The number of amides is 2. The lowest BCUT2D eigenvalue weighted by Gasteiger charge is -2.29. The largest absolute Gasteiger partial charge is 0.354 e. The van der Waals surface area contributed by atoms with Gasteiger partial charge in [0.25, 0.3) is 5.69 Å². The zero-order chi connectivity index (χ0) is 22.3. The Bertz CT molecular complexity index is 900. The van der Waals surface area contributed by atoms with Crippen molar-refractivity contribution in [3.05, 3.63) is 74.8 Å². The van der Waals surface area contributed by atoms with E-state index in [9.17, 15) is 19.7 Å². The lowest BCUT2D eigenvalue weighted by molar-refractivity contribution is -0.385. The van der Waals surface area contributed by atoms with Crippen LogP contribution in [0.5, 0.6) is 0 Å². The van der Waals surface area contributed by atoms with Crippen molar-refractivity contribution in [2.45, 2.75) is 39.8 Å². The number of nitro groups is 1. The summed E-state index contributed by atoms with van der Waals surface area (Å²) in [6, 6.07) is 12.4. The van der Waals surface area contributed by atoms with Crippen LogP contribution in [0.1, 0.15) is 31.9 Å². The molecule has 2 aromatic rings. The van der Waals surface area contributed by atoms with Crippen LogP contribution in [0.2, 0.25) is 5.02 Å². The molecule has 1 atom stereocenters. The van der Waals surface area contributed by atoms with Crippen molar-refractivity contribution in [3.63, 3.8) is 0 Å². The van der Waals surface area contributed by atoms with Crippen molar-refractivity contribution in [3.8, 4) is 0 Å². The first-order valence-electron chi connectivity index (χ1n) is 9.73. The van der Waals surface area contributed by atoms with E-state index in [2.05, 4.69) is 5.32 Å². The number of halogens is 1. The van der Waals surface area contributed by atoms with Gasteiger partial charge in [0.15, 0.2) is 0 Å². The van der Waals surface area contributed by atoms with Crippen LogP contribution in [-0.4, -0.2) is 34.2 Å². The Labute approximate surface area is 181 Å². The fourth-order valence-electron chi connectivity index (χ4n) is 2.92. The second-order valence-electron chi connectivity index (χ2n) is 7.53. The number of nitrogens with zero attached hydrogens (tertiary/aromatic N) is 2. The molecule has 0 aliphatic carbocycles. The van der Waals surface area contributed by atoms with E-state index < -0.39 is 11.0 Å². The zero-order valence-electron chi connectivity index (χ0n) is 17.3. The SMILES string of the molecule is CC(C)CNC(=O)C(C)N(Cc1ccc(Cl)cc1)C(=O)Cc1ccccc1[N+](=O)[O-]. The van der Waals surface area contributed by atoms with Crippen LogP contribution in [-0.2, 0) is 22.6 Å². The number of nitrogens with one attached hydrogen (secondary N) is 1. The maximum absolute atomic E-state index is 13.1. The summed E-state index contributed by atoms with van der Waals surface area (Å²) >= 11 is 5.94. The summed E-state index contributed by atoms with van der Waals surface area (Å²) in [4.78, 5) is 38.0. The van der Waals surface area contributed by atoms with Gasteiger partial charge in [-0.3, -0.25) is 19.7 Å². The number of nitro benzene ring substituents is 1. The number of benzene rings is 2. The first-order valence-corrected chi connectivity index (χ1v) is 10.1. The molecular formula is C22H26ClN3O4. The quantitative estimate of drug-likeness (QED) is 0.480. The maximum Gasteiger partial charge on any atom is 0.273 e. The molecule has 0 bridgehead atoms. The molecule has 0 aromatic heterocycles. The standard InChI is InChI=1S/C22H26ClN3O4/c1-15(2)13-24-22(28)16(3)25(14-17-8-10-19(23)11-9-17)21(27)12-18-6-4-5-7-20(18)26(29)30/h4-11,15-16H,12-14H2,1-3H3,(H,24,28). The van der Waals surface area contributed by atoms with Crippen LogP contribution in [0, 0.1) is 16.0 Å². The van der Waals surface area contributed by atoms with Gasteiger partial charge in [-0.1, -0.05) is 55.8 Å². The number of para-hydroxylation sites is 1. The highest BCUT2D eigenvalue weighted by Crippen LogP contribution is 2.21. The molecular weight excluding hydrogens is 406 g/mol. The van der Waals surface area contributed by atoms with E-state index in [1.54, 1.807) is 49.4 Å². The molecule has 0 aliphatic heterocycles. The molecule has 1 N–H and O–H groups in total. The van der Waals surface area contributed by atoms with Gasteiger partial charge in [0.1, 0.15) is 6.04 Å². The topological polar surface area (TPSA) is 92.6 Å². The molecule has 1 unspecified atom stereocenters. The highest BCUT2D eigenvalue weighted by Gasteiger charge is 2.27. The fraction of sp³-hybridized carbons (Fsp3) is 0.364. The highest BCUT2D eigenvalue weighted by atomic mass is 35.5. The van der Waals surface area contributed by atoms with Crippen molar-refractivity contribution in [2.24, 2.45) is 5.92 Å². The monoisotopic (exact) mass is 431 g/mol. The van der Waals surface area contributed by atoms with E-state index in [1.807, 2.05) is 13.8 Å². The van der Waals surface area contributed by atoms with Crippen LogP contribution in [0.25, 0.3) is 0 Å². The Kier molecular flexibility index (Phi) is 8.35. The lowest BCUT2D eigenvalue weighted by Crippen LogP contribution is -2.48. The van der Waals surface area contributed by atoms with Gasteiger partial charge in [0.05, 0.1) is 11.3 Å². The average molecular weight is 432 g/mol. The number of hydrogen-bond donors (Lipinski definition) is 1. The van der Waals surface area contributed by atoms with E-state index in [0.717, 1.165) is 5.56 Å². The molecule has 0 fully saturated rings. The molecule has 2 aromatic carbocycles. The molecule has 7 nitrogen and oxygen atoms in total. The van der Waals surface area contributed by atoms with E-state index in [0.29, 0.717) is 17.1 Å².